The lowest BCUT2D eigenvalue weighted by Crippen LogP contribution is -2.37. The van der Waals surface area contributed by atoms with Gasteiger partial charge in [-0.1, -0.05) is 0 Å². The summed E-state index contributed by atoms with van der Waals surface area (Å²) in [6.45, 7) is 0.821. The fraction of sp³-hybridized carbons (Fsp3) is 0.857. The van der Waals surface area contributed by atoms with Gasteiger partial charge in [0.05, 0.1) is 0 Å². The SMILES string of the molecule is CN1CC[CH]C[C@H]1CF. The van der Waals surface area contributed by atoms with Crippen LogP contribution in [0.5, 0.6) is 0 Å². The maximum atomic E-state index is 12.1. The Morgan fingerprint density at radius 2 is 2.56 bits per heavy atom. The lowest BCUT2D eigenvalue weighted by Gasteiger charge is -2.29. The molecule has 0 N–H and O–H groups in total. The molecule has 1 heterocycles. The zero-order valence-electron chi connectivity index (χ0n) is 5.81. The summed E-state index contributed by atoms with van der Waals surface area (Å²) in [6, 6.07) is 0.166. The Bertz CT molecular complexity index is 85.0. The molecule has 0 aromatic heterocycles. The highest BCUT2D eigenvalue weighted by molar-refractivity contribution is 4.83. The van der Waals surface area contributed by atoms with Crippen molar-refractivity contribution >= 4 is 0 Å². The van der Waals surface area contributed by atoms with Crippen LogP contribution in [0.4, 0.5) is 4.39 Å². The monoisotopic (exact) mass is 130 g/mol. The fourth-order valence-corrected chi connectivity index (χ4v) is 1.15. The van der Waals surface area contributed by atoms with Crippen molar-refractivity contribution in [2.75, 3.05) is 20.3 Å². The largest absolute Gasteiger partial charge is 0.301 e. The van der Waals surface area contributed by atoms with E-state index in [2.05, 4.69) is 11.3 Å². The molecule has 1 aliphatic heterocycles. The van der Waals surface area contributed by atoms with E-state index in [1.165, 1.54) is 0 Å². The molecule has 0 saturated carbocycles. The second kappa shape index (κ2) is 3.16. The molecule has 0 bridgehead atoms. The number of rotatable bonds is 1. The second-order valence-corrected chi connectivity index (χ2v) is 2.60. The van der Waals surface area contributed by atoms with Gasteiger partial charge in [0.2, 0.25) is 0 Å². The van der Waals surface area contributed by atoms with Gasteiger partial charge in [0, 0.05) is 6.04 Å². The molecule has 1 fully saturated rings. The van der Waals surface area contributed by atoms with Crippen LogP contribution in [-0.2, 0) is 0 Å². The number of halogens is 1. The second-order valence-electron chi connectivity index (χ2n) is 2.60. The Kier molecular flexibility index (Phi) is 2.46. The molecule has 2 heteroatoms. The normalized spacial score (nSPS) is 30.7. The average molecular weight is 130 g/mol. The summed E-state index contributed by atoms with van der Waals surface area (Å²) in [5.74, 6) is 0. The Morgan fingerprint density at radius 3 is 3.00 bits per heavy atom. The summed E-state index contributed by atoms with van der Waals surface area (Å²) < 4.78 is 12.1. The van der Waals surface area contributed by atoms with Gasteiger partial charge >= 0.3 is 0 Å². The average Bonchev–Trinajstić information content (AvgIpc) is 1.89. The first-order chi connectivity index (χ1) is 4.34. The van der Waals surface area contributed by atoms with E-state index in [-0.39, 0.29) is 12.7 Å². The van der Waals surface area contributed by atoms with E-state index in [4.69, 9.17) is 0 Å². The molecule has 1 radical (unpaired) electrons. The molecular formula is C7H13FN. The summed E-state index contributed by atoms with van der Waals surface area (Å²) >= 11 is 0. The third-order valence-electron chi connectivity index (χ3n) is 1.93. The van der Waals surface area contributed by atoms with Gasteiger partial charge in [-0.05, 0) is 32.9 Å². The molecule has 0 aliphatic carbocycles. The van der Waals surface area contributed by atoms with Crippen molar-refractivity contribution in [3.8, 4) is 0 Å². The van der Waals surface area contributed by atoms with Gasteiger partial charge in [-0.25, -0.2) is 4.39 Å². The predicted molar refractivity (Wildman–Crippen MR) is 35.9 cm³/mol. The lowest BCUT2D eigenvalue weighted by atomic mass is 10.0. The third-order valence-corrected chi connectivity index (χ3v) is 1.93. The summed E-state index contributed by atoms with van der Waals surface area (Å²) in [5.41, 5.74) is 0. The Morgan fingerprint density at radius 1 is 1.78 bits per heavy atom. The standard InChI is InChI=1S/C7H13FN/c1-9-5-3-2-4-7(9)6-8/h2,7H,3-6H2,1H3/t7-/m0/s1. The molecule has 0 amide bonds. The molecule has 0 aromatic rings. The summed E-state index contributed by atoms with van der Waals surface area (Å²) in [4.78, 5) is 2.08. The molecule has 1 atom stereocenters. The van der Waals surface area contributed by atoms with Crippen LogP contribution in [0.3, 0.4) is 0 Å². The molecule has 1 nitrogen and oxygen atoms in total. The maximum absolute atomic E-state index is 12.1. The molecular weight excluding hydrogens is 117 g/mol. The summed E-state index contributed by atoms with van der Waals surface area (Å²) in [6.07, 6.45) is 4.21. The van der Waals surface area contributed by atoms with E-state index >= 15 is 0 Å². The van der Waals surface area contributed by atoms with Crippen molar-refractivity contribution in [1.29, 1.82) is 0 Å². The van der Waals surface area contributed by atoms with Crippen molar-refractivity contribution in [1.82, 2.24) is 4.90 Å². The van der Waals surface area contributed by atoms with Crippen molar-refractivity contribution in [2.45, 2.75) is 18.9 Å². The third kappa shape index (κ3) is 1.65. The number of alkyl halides is 1. The van der Waals surface area contributed by atoms with Crippen molar-refractivity contribution in [2.24, 2.45) is 0 Å². The minimum absolute atomic E-state index is 0.166. The molecule has 1 saturated heterocycles. The summed E-state index contributed by atoms with van der Waals surface area (Å²) in [7, 11) is 1.98. The highest BCUT2D eigenvalue weighted by Gasteiger charge is 2.17. The van der Waals surface area contributed by atoms with Crippen LogP contribution >= 0.6 is 0 Å². The number of piperidine rings is 1. The Hall–Kier alpha value is -0.110. The van der Waals surface area contributed by atoms with Gasteiger partial charge < -0.3 is 4.90 Å². The van der Waals surface area contributed by atoms with E-state index in [0.29, 0.717) is 0 Å². The van der Waals surface area contributed by atoms with E-state index in [1.54, 1.807) is 0 Å². The number of hydrogen-bond donors (Lipinski definition) is 0. The quantitative estimate of drug-likeness (QED) is 0.516. The minimum atomic E-state index is -0.201. The molecule has 9 heavy (non-hydrogen) atoms. The highest BCUT2D eigenvalue weighted by Crippen LogP contribution is 2.13. The van der Waals surface area contributed by atoms with E-state index in [0.717, 1.165) is 19.4 Å². The van der Waals surface area contributed by atoms with Crippen molar-refractivity contribution in [3.05, 3.63) is 6.42 Å². The van der Waals surface area contributed by atoms with Gasteiger partial charge in [0.15, 0.2) is 0 Å². The Labute approximate surface area is 55.8 Å². The van der Waals surface area contributed by atoms with Gasteiger partial charge in [-0.2, -0.15) is 0 Å². The first-order valence-corrected chi connectivity index (χ1v) is 3.42. The van der Waals surface area contributed by atoms with Gasteiger partial charge in [0.1, 0.15) is 6.67 Å². The molecule has 53 valence electrons. The molecule has 0 aromatic carbocycles. The van der Waals surface area contributed by atoms with Crippen molar-refractivity contribution in [3.63, 3.8) is 0 Å². The first kappa shape index (κ1) is 7.00. The van der Waals surface area contributed by atoms with Gasteiger partial charge in [0.25, 0.3) is 0 Å². The Balaban J connectivity index is 2.30. The van der Waals surface area contributed by atoms with Crippen LogP contribution in [0, 0.1) is 6.42 Å². The van der Waals surface area contributed by atoms with Crippen LogP contribution < -0.4 is 0 Å². The summed E-state index contributed by atoms with van der Waals surface area (Å²) in [5, 5.41) is 0. The smallest absolute Gasteiger partial charge is 0.105 e. The molecule has 0 spiro atoms. The number of hydrogen-bond acceptors (Lipinski definition) is 1. The molecule has 1 aliphatic rings. The van der Waals surface area contributed by atoms with Crippen LogP contribution in [0.2, 0.25) is 0 Å². The van der Waals surface area contributed by atoms with Crippen LogP contribution in [0.25, 0.3) is 0 Å². The zero-order chi connectivity index (χ0) is 6.69. The van der Waals surface area contributed by atoms with E-state index in [9.17, 15) is 4.39 Å². The van der Waals surface area contributed by atoms with Gasteiger partial charge in [-0.15, -0.1) is 0 Å². The van der Waals surface area contributed by atoms with E-state index in [1.807, 2.05) is 7.05 Å². The van der Waals surface area contributed by atoms with Crippen LogP contribution in [0.15, 0.2) is 0 Å². The topological polar surface area (TPSA) is 3.24 Å². The van der Waals surface area contributed by atoms with Crippen LogP contribution in [-0.4, -0.2) is 31.2 Å². The van der Waals surface area contributed by atoms with Crippen molar-refractivity contribution < 1.29 is 4.39 Å². The first-order valence-electron chi connectivity index (χ1n) is 3.42. The zero-order valence-corrected chi connectivity index (χ0v) is 5.81. The van der Waals surface area contributed by atoms with Crippen LogP contribution in [0.1, 0.15) is 12.8 Å². The minimum Gasteiger partial charge on any atom is -0.301 e. The maximum Gasteiger partial charge on any atom is 0.105 e. The fourth-order valence-electron chi connectivity index (χ4n) is 1.15. The predicted octanol–water partition coefficient (Wildman–Crippen LogP) is 1.25. The molecule has 0 unspecified atom stereocenters. The molecule has 1 rings (SSSR count). The lowest BCUT2D eigenvalue weighted by molar-refractivity contribution is 0.178. The van der Waals surface area contributed by atoms with E-state index < -0.39 is 0 Å². The van der Waals surface area contributed by atoms with Gasteiger partial charge in [-0.3, -0.25) is 0 Å². The highest BCUT2D eigenvalue weighted by atomic mass is 19.1. The number of nitrogens with zero attached hydrogens (tertiary/aromatic N) is 1. The number of likely N-dealkylation sites (tertiary alicyclic amines) is 1.